The Morgan fingerprint density at radius 1 is 1.46 bits per heavy atom. The monoisotopic (exact) mass is 394 g/mol. The van der Waals surface area contributed by atoms with Gasteiger partial charge in [-0.25, -0.2) is 0 Å². The van der Waals surface area contributed by atoms with Gasteiger partial charge in [-0.2, -0.15) is 0 Å². The van der Waals surface area contributed by atoms with Gasteiger partial charge in [0.15, 0.2) is 0 Å². The van der Waals surface area contributed by atoms with Gasteiger partial charge in [0.1, 0.15) is 0 Å². The zero-order valence-corrected chi connectivity index (χ0v) is 8.91. The van der Waals surface area contributed by atoms with Gasteiger partial charge in [0.2, 0.25) is 0 Å². The number of rotatable bonds is 4. The van der Waals surface area contributed by atoms with Crippen molar-refractivity contribution < 1.29 is 52.4 Å². The summed E-state index contributed by atoms with van der Waals surface area (Å²) in [6.45, 7) is 0. The molecule has 0 aliphatic heterocycles. The van der Waals surface area contributed by atoms with E-state index in [4.69, 9.17) is 9.66 Å². The summed E-state index contributed by atoms with van der Waals surface area (Å²) in [6, 6.07) is 0. The summed E-state index contributed by atoms with van der Waals surface area (Å²) in [7, 11) is -4.74. The zero-order chi connectivity index (χ0) is 10.6. The summed E-state index contributed by atoms with van der Waals surface area (Å²) in [4.78, 5) is 20.7. The van der Waals surface area contributed by atoms with Crippen molar-refractivity contribution in [3.63, 3.8) is 0 Å². The fourth-order valence-corrected chi connectivity index (χ4v) is 1.63. The van der Waals surface area contributed by atoms with Crippen LogP contribution in [-0.2, 0) is 44.4 Å². The Bertz CT molecular complexity index is 306. The molecule has 0 aromatic heterocycles. The Balaban J connectivity index is 4.77. The third kappa shape index (κ3) is 4.39. The van der Waals surface area contributed by atoms with Crippen molar-refractivity contribution in [1.29, 1.82) is 0 Å². The van der Waals surface area contributed by atoms with Gasteiger partial charge >= 0.3 is 86.1 Å². The molecule has 0 radical (unpaired) electrons. The van der Waals surface area contributed by atoms with Crippen LogP contribution in [0.2, 0.25) is 0 Å². The van der Waals surface area contributed by atoms with Gasteiger partial charge in [0.25, 0.3) is 0 Å². The minimum absolute atomic E-state index is 1.03. The molecule has 0 saturated carbocycles. The molecule has 0 bridgehead atoms. The third-order valence-corrected chi connectivity index (χ3v) is 2.56. The molecule has 1 atom stereocenters. The second kappa shape index (κ2) is 4.72. The average molecular weight is 394 g/mol. The molecule has 9 heteroatoms. The SMILES string of the molecule is O=C(O)CC(C(=O)[O][Au])S(=O)(=O)O. The summed E-state index contributed by atoms with van der Waals surface area (Å²) in [5.41, 5.74) is 0. The van der Waals surface area contributed by atoms with E-state index < -0.39 is 33.7 Å². The molecule has 0 saturated heterocycles. The van der Waals surface area contributed by atoms with E-state index in [2.05, 4.69) is 3.24 Å². The number of hydrogen-bond acceptors (Lipinski definition) is 5. The quantitative estimate of drug-likeness (QED) is 0.451. The van der Waals surface area contributed by atoms with E-state index in [1.165, 1.54) is 21.5 Å². The summed E-state index contributed by atoms with van der Waals surface area (Å²) < 4.78 is 33.3. The number of carbonyl (C=O) groups excluding carboxylic acids is 1. The number of carbonyl (C=O) groups is 2. The standard InChI is InChI=1S/C4H6O7S.Au/c5-3(6)1-2(4(7)8)12(9,10)11;/h2H,1H2,(H,5,6)(H,7,8)(H,9,10,11);/q;+1/p-1. The zero-order valence-electron chi connectivity index (χ0n) is 5.93. The molecular weight excluding hydrogens is 389 g/mol. The first-order valence-corrected chi connectivity index (χ1v) is 5.15. The van der Waals surface area contributed by atoms with E-state index >= 15 is 0 Å². The van der Waals surface area contributed by atoms with Crippen LogP contribution in [0.4, 0.5) is 0 Å². The van der Waals surface area contributed by atoms with Crippen LogP contribution in [0.15, 0.2) is 0 Å². The van der Waals surface area contributed by atoms with E-state index in [-0.39, 0.29) is 0 Å². The van der Waals surface area contributed by atoms with E-state index in [9.17, 15) is 18.0 Å². The maximum atomic E-state index is 10.7. The molecule has 0 amide bonds. The van der Waals surface area contributed by atoms with Gasteiger partial charge in [0, 0.05) is 0 Å². The molecule has 2 N–H and O–H groups in total. The second-order valence-corrected chi connectivity index (χ2v) is 4.02. The average Bonchev–Trinajstić information content (AvgIpc) is 1.96. The topological polar surface area (TPSA) is 118 Å². The molecule has 0 rings (SSSR count). The van der Waals surface area contributed by atoms with Crippen molar-refractivity contribution in [1.82, 2.24) is 0 Å². The first-order chi connectivity index (χ1) is 5.79. The Hall–Kier alpha value is -0.410. The van der Waals surface area contributed by atoms with Crippen molar-refractivity contribution in [2.45, 2.75) is 11.7 Å². The van der Waals surface area contributed by atoms with Gasteiger partial charge in [-0.3, -0.25) is 0 Å². The van der Waals surface area contributed by atoms with Crippen LogP contribution in [0.5, 0.6) is 0 Å². The summed E-state index contributed by atoms with van der Waals surface area (Å²) in [5.74, 6) is -2.85. The van der Waals surface area contributed by atoms with Crippen molar-refractivity contribution in [2.24, 2.45) is 0 Å². The third-order valence-electron chi connectivity index (χ3n) is 1.04. The molecule has 0 aliphatic carbocycles. The van der Waals surface area contributed by atoms with Crippen LogP contribution >= 0.6 is 0 Å². The molecule has 0 fully saturated rings. The molecule has 13 heavy (non-hydrogen) atoms. The van der Waals surface area contributed by atoms with E-state index in [0.717, 1.165) is 0 Å². The Morgan fingerprint density at radius 2 is 1.92 bits per heavy atom. The first-order valence-electron chi connectivity index (χ1n) is 2.76. The molecule has 0 aromatic carbocycles. The minimum atomic E-state index is -4.74. The molecule has 80 valence electrons. The first kappa shape index (κ1) is 12.6. The molecule has 0 heterocycles. The van der Waals surface area contributed by atoms with Crippen molar-refractivity contribution >= 4 is 22.1 Å². The van der Waals surface area contributed by atoms with E-state index in [0.29, 0.717) is 0 Å². The molecule has 1 unspecified atom stereocenters. The maximum absolute atomic E-state index is 10.7. The van der Waals surface area contributed by atoms with Gasteiger partial charge in [-0.05, 0) is 0 Å². The normalized spacial score (nSPS) is 13.5. The number of hydrogen-bond donors (Lipinski definition) is 2. The summed E-state index contributed by atoms with van der Waals surface area (Å²) in [6.07, 6.45) is -1.03. The fraction of sp³-hybridized carbons (Fsp3) is 0.500. The predicted molar refractivity (Wildman–Crippen MR) is 33.7 cm³/mol. The Morgan fingerprint density at radius 3 is 2.15 bits per heavy atom. The van der Waals surface area contributed by atoms with E-state index in [1.807, 2.05) is 0 Å². The van der Waals surface area contributed by atoms with Gasteiger partial charge in [-0.15, -0.1) is 0 Å². The molecule has 0 aromatic rings. The van der Waals surface area contributed by atoms with Crippen LogP contribution in [0.25, 0.3) is 0 Å². The number of aliphatic carboxylic acids is 1. The van der Waals surface area contributed by atoms with Crippen LogP contribution in [-0.4, -0.2) is 35.3 Å². The number of carboxylic acid groups (broad SMARTS) is 1. The molecular formula is C4H5AuO7S. The Kier molecular flexibility index (Phi) is 4.57. The predicted octanol–water partition coefficient (Wildman–Crippen LogP) is -1.28. The van der Waals surface area contributed by atoms with Gasteiger partial charge in [-0.1, -0.05) is 0 Å². The van der Waals surface area contributed by atoms with Crippen molar-refractivity contribution in [3.05, 3.63) is 0 Å². The van der Waals surface area contributed by atoms with Gasteiger partial charge in [0.05, 0.1) is 0 Å². The van der Waals surface area contributed by atoms with Crippen LogP contribution in [0.1, 0.15) is 6.42 Å². The van der Waals surface area contributed by atoms with E-state index in [1.54, 1.807) is 0 Å². The van der Waals surface area contributed by atoms with Gasteiger partial charge < -0.3 is 0 Å². The van der Waals surface area contributed by atoms with Crippen LogP contribution in [0.3, 0.4) is 0 Å². The molecule has 0 spiro atoms. The van der Waals surface area contributed by atoms with Crippen LogP contribution in [0, 0.1) is 0 Å². The second-order valence-electron chi connectivity index (χ2n) is 1.98. The summed E-state index contributed by atoms with van der Waals surface area (Å²) in [5, 5.41) is 6.13. The fourth-order valence-electron chi connectivity index (χ4n) is 0.508. The summed E-state index contributed by atoms with van der Waals surface area (Å²) >= 11 is 1.27. The Labute approximate surface area is 86.2 Å². The van der Waals surface area contributed by atoms with Crippen molar-refractivity contribution in [2.75, 3.05) is 0 Å². The molecule has 7 nitrogen and oxygen atoms in total. The van der Waals surface area contributed by atoms with Crippen LogP contribution < -0.4 is 0 Å². The van der Waals surface area contributed by atoms with Crippen molar-refractivity contribution in [3.8, 4) is 0 Å². The number of carboxylic acids is 1. The molecule has 0 aliphatic rings.